The summed E-state index contributed by atoms with van der Waals surface area (Å²) in [5.74, 6) is -0.791. The van der Waals surface area contributed by atoms with Gasteiger partial charge in [-0.1, -0.05) is 13.8 Å². The SMILES string of the molecule is CC(C)(CCO)CNCc1ccc(CC(=O)O)s1. The van der Waals surface area contributed by atoms with Crippen LogP contribution in [0.25, 0.3) is 0 Å². The van der Waals surface area contributed by atoms with Gasteiger partial charge in [-0.2, -0.15) is 0 Å². The first kappa shape index (κ1) is 15.1. The van der Waals surface area contributed by atoms with E-state index in [9.17, 15) is 4.79 Å². The summed E-state index contributed by atoms with van der Waals surface area (Å²) < 4.78 is 0. The molecule has 0 bridgehead atoms. The van der Waals surface area contributed by atoms with Crippen molar-refractivity contribution in [2.24, 2.45) is 5.41 Å². The third-order valence-electron chi connectivity index (χ3n) is 2.73. The molecule has 0 aromatic carbocycles. The third-order valence-corrected chi connectivity index (χ3v) is 3.82. The van der Waals surface area contributed by atoms with Gasteiger partial charge in [-0.3, -0.25) is 4.79 Å². The van der Waals surface area contributed by atoms with Crippen LogP contribution in [0, 0.1) is 5.41 Å². The number of aliphatic carboxylic acids is 1. The molecular weight excluding hydrogens is 250 g/mol. The van der Waals surface area contributed by atoms with Crippen LogP contribution < -0.4 is 5.32 Å². The van der Waals surface area contributed by atoms with Crippen LogP contribution in [0.5, 0.6) is 0 Å². The Hall–Kier alpha value is -0.910. The molecular formula is C13H21NO3S. The molecule has 0 atom stereocenters. The highest BCUT2D eigenvalue weighted by molar-refractivity contribution is 7.12. The van der Waals surface area contributed by atoms with E-state index in [0.717, 1.165) is 29.3 Å². The predicted molar refractivity (Wildman–Crippen MR) is 72.8 cm³/mol. The Bertz CT molecular complexity index is 387. The topological polar surface area (TPSA) is 69.6 Å². The van der Waals surface area contributed by atoms with Crippen molar-refractivity contribution >= 4 is 17.3 Å². The van der Waals surface area contributed by atoms with Gasteiger partial charge in [0.1, 0.15) is 0 Å². The molecule has 3 N–H and O–H groups in total. The number of aliphatic hydroxyl groups excluding tert-OH is 1. The fourth-order valence-electron chi connectivity index (χ4n) is 1.68. The third kappa shape index (κ3) is 5.62. The fourth-order valence-corrected chi connectivity index (χ4v) is 2.66. The molecule has 18 heavy (non-hydrogen) atoms. The number of hydrogen-bond donors (Lipinski definition) is 3. The second-order valence-corrected chi connectivity index (χ2v) is 6.43. The maximum atomic E-state index is 10.6. The molecule has 0 saturated heterocycles. The number of hydrogen-bond acceptors (Lipinski definition) is 4. The van der Waals surface area contributed by atoms with Crippen molar-refractivity contribution in [2.75, 3.05) is 13.2 Å². The van der Waals surface area contributed by atoms with Crippen LogP contribution in [-0.4, -0.2) is 29.3 Å². The Kier molecular flexibility index (Phi) is 5.78. The molecule has 0 aliphatic rings. The van der Waals surface area contributed by atoms with Gasteiger partial charge >= 0.3 is 5.97 Å². The largest absolute Gasteiger partial charge is 0.481 e. The molecule has 1 heterocycles. The van der Waals surface area contributed by atoms with Gasteiger partial charge in [0.05, 0.1) is 6.42 Å². The van der Waals surface area contributed by atoms with Gasteiger partial charge in [0.15, 0.2) is 0 Å². The lowest BCUT2D eigenvalue weighted by Crippen LogP contribution is -2.29. The van der Waals surface area contributed by atoms with E-state index >= 15 is 0 Å². The minimum atomic E-state index is -0.791. The highest BCUT2D eigenvalue weighted by Crippen LogP contribution is 2.20. The van der Waals surface area contributed by atoms with Crippen LogP contribution in [0.15, 0.2) is 12.1 Å². The average molecular weight is 271 g/mol. The molecule has 0 spiro atoms. The van der Waals surface area contributed by atoms with E-state index < -0.39 is 5.97 Å². The molecule has 0 amide bonds. The van der Waals surface area contributed by atoms with Crippen molar-refractivity contribution < 1.29 is 15.0 Å². The van der Waals surface area contributed by atoms with Crippen LogP contribution in [0.3, 0.4) is 0 Å². The Morgan fingerprint density at radius 1 is 1.39 bits per heavy atom. The molecule has 5 heteroatoms. The van der Waals surface area contributed by atoms with Gasteiger partial charge in [-0.25, -0.2) is 0 Å². The zero-order valence-corrected chi connectivity index (χ0v) is 11.7. The standard InChI is InChI=1S/C13H21NO3S/c1-13(2,5-6-15)9-14-8-11-4-3-10(18-11)7-12(16)17/h3-4,14-15H,5-9H2,1-2H3,(H,16,17). The minimum absolute atomic E-state index is 0.0793. The van der Waals surface area contributed by atoms with E-state index in [0.29, 0.717) is 0 Å². The normalized spacial score (nSPS) is 11.7. The first-order valence-corrected chi connectivity index (χ1v) is 6.85. The molecule has 1 aromatic heterocycles. The zero-order chi connectivity index (χ0) is 13.6. The lowest BCUT2D eigenvalue weighted by atomic mass is 9.90. The van der Waals surface area contributed by atoms with E-state index in [1.165, 1.54) is 11.3 Å². The maximum absolute atomic E-state index is 10.6. The van der Waals surface area contributed by atoms with Gasteiger partial charge < -0.3 is 15.5 Å². The number of carboxylic acid groups (broad SMARTS) is 1. The summed E-state index contributed by atoms with van der Waals surface area (Å²) in [7, 11) is 0. The van der Waals surface area contributed by atoms with Crippen LogP contribution in [0.2, 0.25) is 0 Å². The van der Waals surface area contributed by atoms with Crippen molar-refractivity contribution in [3.63, 3.8) is 0 Å². The monoisotopic (exact) mass is 271 g/mol. The molecule has 102 valence electrons. The van der Waals surface area contributed by atoms with Gasteiger partial charge in [-0.15, -0.1) is 11.3 Å². The van der Waals surface area contributed by atoms with Crippen LogP contribution in [-0.2, 0) is 17.8 Å². The highest BCUT2D eigenvalue weighted by Gasteiger charge is 2.16. The number of aliphatic hydroxyl groups is 1. The quantitative estimate of drug-likeness (QED) is 0.675. The van der Waals surface area contributed by atoms with Crippen LogP contribution in [0.4, 0.5) is 0 Å². The van der Waals surface area contributed by atoms with E-state index in [1.54, 1.807) is 0 Å². The molecule has 0 fully saturated rings. The number of carbonyl (C=O) groups is 1. The van der Waals surface area contributed by atoms with E-state index in [4.69, 9.17) is 10.2 Å². The molecule has 1 rings (SSSR count). The second kappa shape index (κ2) is 6.87. The summed E-state index contributed by atoms with van der Waals surface area (Å²) in [4.78, 5) is 12.6. The van der Waals surface area contributed by atoms with Gasteiger partial charge in [0, 0.05) is 29.5 Å². The van der Waals surface area contributed by atoms with Crippen molar-refractivity contribution in [2.45, 2.75) is 33.2 Å². The van der Waals surface area contributed by atoms with Gasteiger partial charge in [-0.05, 0) is 24.0 Å². The molecule has 4 nitrogen and oxygen atoms in total. The Labute approximate surface area is 112 Å². The average Bonchev–Trinajstić information content (AvgIpc) is 2.64. The van der Waals surface area contributed by atoms with Crippen molar-refractivity contribution in [3.8, 4) is 0 Å². The number of nitrogens with one attached hydrogen (secondary N) is 1. The summed E-state index contributed by atoms with van der Waals surface area (Å²) in [6, 6.07) is 3.84. The van der Waals surface area contributed by atoms with Gasteiger partial charge in [0.25, 0.3) is 0 Å². The molecule has 1 aromatic rings. The van der Waals surface area contributed by atoms with Crippen molar-refractivity contribution in [1.82, 2.24) is 5.32 Å². The Morgan fingerprint density at radius 2 is 2.06 bits per heavy atom. The van der Waals surface area contributed by atoms with E-state index in [1.807, 2.05) is 12.1 Å². The predicted octanol–water partition coefficient (Wildman–Crippen LogP) is 1.87. The summed E-state index contributed by atoms with van der Waals surface area (Å²) in [5, 5.41) is 21.0. The Balaban J connectivity index is 2.35. The minimum Gasteiger partial charge on any atom is -0.481 e. The van der Waals surface area contributed by atoms with E-state index in [-0.39, 0.29) is 18.4 Å². The fraction of sp³-hybridized carbons (Fsp3) is 0.615. The highest BCUT2D eigenvalue weighted by atomic mass is 32.1. The van der Waals surface area contributed by atoms with Crippen LogP contribution in [0.1, 0.15) is 30.0 Å². The first-order chi connectivity index (χ1) is 8.43. The van der Waals surface area contributed by atoms with Crippen LogP contribution >= 0.6 is 11.3 Å². The summed E-state index contributed by atoms with van der Waals surface area (Å²) in [6.07, 6.45) is 0.870. The van der Waals surface area contributed by atoms with Crippen molar-refractivity contribution in [3.05, 3.63) is 21.9 Å². The smallest absolute Gasteiger partial charge is 0.308 e. The molecule has 0 saturated carbocycles. The summed E-state index contributed by atoms with van der Waals surface area (Å²) >= 11 is 1.53. The summed E-state index contributed by atoms with van der Waals surface area (Å²) in [6.45, 7) is 6.01. The second-order valence-electron chi connectivity index (χ2n) is 5.18. The van der Waals surface area contributed by atoms with E-state index in [2.05, 4.69) is 19.2 Å². The van der Waals surface area contributed by atoms with Gasteiger partial charge in [0.2, 0.25) is 0 Å². The maximum Gasteiger partial charge on any atom is 0.308 e. The molecule has 0 radical (unpaired) electrons. The Morgan fingerprint density at radius 3 is 2.67 bits per heavy atom. The molecule has 0 aliphatic carbocycles. The lowest BCUT2D eigenvalue weighted by Gasteiger charge is -2.23. The first-order valence-electron chi connectivity index (χ1n) is 6.04. The number of rotatable bonds is 8. The molecule has 0 unspecified atom stereocenters. The number of carboxylic acids is 1. The zero-order valence-electron chi connectivity index (χ0n) is 10.9. The number of thiophene rings is 1. The summed E-state index contributed by atoms with van der Waals surface area (Å²) in [5.41, 5.74) is 0.0793. The lowest BCUT2D eigenvalue weighted by molar-refractivity contribution is -0.136. The van der Waals surface area contributed by atoms with Crippen molar-refractivity contribution in [1.29, 1.82) is 0 Å². The molecule has 0 aliphatic heterocycles.